The fraction of sp³-hybridized carbons (Fsp3) is 0.714. The summed E-state index contributed by atoms with van der Waals surface area (Å²) >= 11 is 1.91. The molecule has 0 radical (unpaired) electrons. The molecule has 0 fully saturated rings. The topological polar surface area (TPSA) is 29.3 Å². The number of hydrogen-bond donors (Lipinski definition) is 1. The first-order chi connectivity index (χ1) is 8.26. The summed E-state index contributed by atoms with van der Waals surface area (Å²) < 4.78 is 0. The van der Waals surface area contributed by atoms with Crippen molar-refractivity contribution in [2.75, 3.05) is 13.1 Å². The minimum Gasteiger partial charge on any atom is -0.329 e. The van der Waals surface area contributed by atoms with Gasteiger partial charge in [0, 0.05) is 30.6 Å². The molecule has 2 unspecified atom stereocenters. The summed E-state index contributed by atoms with van der Waals surface area (Å²) in [5.41, 5.74) is 7.52. The van der Waals surface area contributed by atoms with Gasteiger partial charge in [-0.3, -0.25) is 4.90 Å². The van der Waals surface area contributed by atoms with Crippen molar-refractivity contribution in [2.45, 2.75) is 45.7 Å². The number of thiophene rings is 1. The molecule has 2 N–H and O–H groups in total. The van der Waals surface area contributed by atoms with Crippen LogP contribution in [0.1, 0.15) is 37.1 Å². The van der Waals surface area contributed by atoms with Crippen molar-refractivity contribution >= 4 is 11.3 Å². The summed E-state index contributed by atoms with van der Waals surface area (Å²) in [5, 5.41) is 2.22. The van der Waals surface area contributed by atoms with Crippen molar-refractivity contribution in [3.63, 3.8) is 0 Å². The molecule has 0 aliphatic carbocycles. The average molecular weight is 252 g/mol. The van der Waals surface area contributed by atoms with Crippen LogP contribution < -0.4 is 5.73 Å². The molecule has 1 aromatic rings. The third-order valence-electron chi connectivity index (χ3n) is 3.95. The molecule has 0 saturated carbocycles. The Kier molecular flexibility index (Phi) is 4.60. The van der Waals surface area contributed by atoms with E-state index in [1.807, 2.05) is 11.3 Å². The lowest BCUT2D eigenvalue weighted by Crippen LogP contribution is -2.46. The minimum atomic E-state index is 0.558. The van der Waals surface area contributed by atoms with Gasteiger partial charge in [-0.15, -0.1) is 11.3 Å². The second-order valence-corrected chi connectivity index (χ2v) is 6.16. The van der Waals surface area contributed by atoms with Crippen molar-refractivity contribution in [1.29, 1.82) is 0 Å². The molecule has 17 heavy (non-hydrogen) atoms. The van der Waals surface area contributed by atoms with Gasteiger partial charge < -0.3 is 5.73 Å². The summed E-state index contributed by atoms with van der Waals surface area (Å²) in [4.78, 5) is 4.18. The maximum atomic E-state index is 5.99. The fourth-order valence-corrected chi connectivity index (χ4v) is 3.83. The molecule has 0 saturated heterocycles. The third kappa shape index (κ3) is 2.90. The molecule has 2 atom stereocenters. The number of nitrogens with zero attached hydrogens (tertiary/aromatic N) is 1. The van der Waals surface area contributed by atoms with Crippen LogP contribution in [0.3, 0.4) is 0 Å². The highest BCUT2D eigenvalue weighted by molar-refractivity contribution is 7.10. The molecule has 96 valence electrons. The van der Waals surface area contributed by atoms with E-state index in [4.69, 9.17) is 5.73 Å². The number of nitrogens with two attached hydrogens (primary N) is 1. The highest BCUT2D eigenvalue weighted by Crippen LogP contribution is 2.27. The van der Waals surface area contributed by atoms with Crippen LogP contribution in [0.5, 0.6) is 0 Å². The van der Waals surface area contributed by atoms with E-state index >= 15 is 0 Å². The van der Waals surface area contributed by atoms with Crippen LogP contribution in [0.15, 0.2) is 11.4 Å². The van der Waals surface area contributed by atoms with Gasteiger partial charge in [0.2, 0.25) is 0 Å². The van der Waals surface area contributed by atoms with Crippen molar-refractivity contribution in [1.82, 2.24) is 4.90 Å². The molecule has 1 aliphatic heterocycles. The lowest BCUT2D eigenvalue weighted by atomic mass is 9.93. The first-order valence-electron chi connectivity index (χ1n) is 6.75. The summed E-state index contributed by atoms with van der Waals surface area (Å²) in [6.45, 7) is 7.69. The maximum absolute atomic E-state index is 5.99. The van der Waals surface area contributed by atoms with Crippen LogP contribution in [-0.2, 0) is 13.0 Å². The molecule has 3 heteroatoms. The Bertz CT molecular complexity index is 348. The van der Waals surface area contributed by atoms with Crippen molar-refractivity contribution < 1.29 is 0 Å². The Labute approximate surface area is 109 Å². The van der Waals surface area contributed by atoms with Crippen molar-refractivity contribution in [3.8, 4) is 0 Å². The Balaban J connectivity index is 2.02. The van der Waals surface area contributed by atoms with Crippen LogP contribution in [0.4, 0.5) is 0 Å². The van der Waals surface area contributed by atoms with E-state index in [-0.39, 0.29) is 0 Å². The third-order valence-corrected chi connectivity index (χ3v) is 4.97. The van der Waals surface area contributed by atoms with Gasteiger partial charge in [-0.25, -0.2) is 0 Å². The van der Waals surface area contributed by atoms with E-state index in [1.165, 1.54) is 31.4 Å². The first kappa shape index (κ1) is 13.1. The van der Waals surface area contributed by atoms with Crippen LogP contribution in [0, 0.1) is 5.92 Å². The van der Waals surface area contributed by atoms with Gasteiger partial charge in [0.15, 0.2) is 0 Å². The van der Waals surface area contributed by atoms with Gasteiger partial charge in [-0.2, -0.15) is 0 Å². The minimum absolute atomic E-state index is 0.558. The highest BCUT2D eigenvalue weighted by atomic mass is 32.1. The molecule has 0 spiro atoms. The smallest absolute Gasteiger partial charge is 0.0248 e. The van der Waals surface area contributed by atoms with Gasteiger partial charge in [-0.1, -0.05) is 20.3 Å². The van der Waals surface area contributed by atoms with Crippen molar-refractivity contribution in [2.24, 2.45) is 11.7 Å². The second kappa shape index (κ2) is 5.98. The predicted molar refractivity (Wildman–Crippen MR) is 75.3 cm³/mol. The molecule has 1 aromatic heterocycles. The number of rotatable bonds is 5. The molecular weight excluding hydrogens is 228 g/mol. The van der Waals surface area contributed by atoms with Gasteiger partial charge in [0.1, 0.15) is 0 Å². The monoisotopic (exact) mass is 252 g/mol. The molecule has 0 bridgehead atoms. The molecule has 0 amide bonds. The summed E-state index contributed by atoms with van der Waals surface area (Å²) in [6, 6.07) is 2.84. The molecule has 2 nitrogen and oxygen atoms in total. The van der Waals surface area contributed by atoms with Crippen LogP contribution in [0.25, 0.3) is 0 Å². The lowest BCUT2D eigenvalue weighted by Gasteiger charge is -2.37. The van der Waals surface area contributed by atoms with E-state index in [0.29, 0.717) is 12.0 Å². The standard InChI is InChI=1S/C14H24N2S/c1-3-4-11(2)13(9-15)16-7-5-14-12(10-16)6-8-17-14/h6,8,11,13H,3-5,7,9-10,15H2,1-2H3. The van der Waals surface area contributed by atoms with Crippen LogP contribution >= 0.6 is 11.3 Å². The zero-order valence-electron chi connectivity index (χ0n) is 11.0. The Hall–Kier alpha value is -0.380. The molecule has 2 heterocycles. The van der Waals surface area contributed by atoms with E-state index in [9.17, 15) is 0 Å². The lowest BCUT2D eigenvalue weighted by molar-refractivity contribution is 0.134. The number of fused-ring (bicyclic) bond motifs is 1. The van der Waals surface area contributed by atoms with Gasteiger partial charge >= 0.3 is 0 Å². The summed E-state index contributed by atoms with van der Waals surface area (Å²) in [6.07, 6.45) is 3.76. The largest absolute Gasteiger partial charge is 0.329 e. The maximum Gasteiger partial charge on any atom is 0.0248 e. The highest BCUT2D eigenvalue weighted by Gasteiger charge is 2.26. The van der Waals surface area contributed by atoms with Crippen LogP contribution in [0.2, 0.25) is 0 Å². The Morgan fingerprint density at radius 1 is 1.53 bits per heavy atom. The SMILES string of the molecule is CCCC(C)C(CN)N1CCc2sccc2C1. The fourth-order valence-electron chi connectivity index (χ4n) is 2.94. The number of hydrogen-bond acceptors (Lipinski definition) is 3. The first-order valence-corrected chi connectivity index (χ1v) is 7.63. The van der Waals surface area contributed by atoms with Gasteiger partial charge in [-0.05, 0) is 35.8 Å². The normalized spacial score (nSPS) is 19.9. The van der Waals surface area contributed by atoms with Gasteiger partial charge in [0.05, 0.1) is 0 Å². The molecule has 0 aromatic carbocycles. The second-order valence-electron chi connectivity index (χ2n) is 5.16. The van der Waals surface area contributed by atoms with Gasteiger partial charge in [0.25, 0.3) is 0 Å². The molecule has 1 aliphatic rings. The van der Waals surface area contributed by atoms with E-state index in [2.05, 4.69) is 30.2 Å². The van der Waals surface area contributed by atoms with E-state index in [1.54, 1.807) is 4.88 Å². The van der Waals surface area contributed by atoms with E-state index in [0.717, 1.165) is 13.1 Å². The Morgan fingerprint density at radius 3 is 3.06 bits per heavy atom. The quantitative estimate of drug-likeness (QED) is 0.873. The van der Waals surface area contributed by atoms with Crippen molar-refractivity contribution in [3.05, 3.63) is 21.9 Å². The summed E-state index contributed by atoms with van der Waals surface area (Å²) in [5.74, 6) is 0.713. The summed E-state index contributed by atoms with van der Waals surface area (Å²) in [7, 11) is 0. The van der Waals surface area contributed by atoms with Crippen LogP contribution in [-0.4, -0.2) is 24.0 Å². The predicted octanol–water partition coefficient (Wildman–Crippen LogP) is 2.87. The zero-order valence-corrected chi connectivity index (χ0v) is 11.8. The average Bonchev–Trinajstić information content (AvgIpc) is 2.77. The Morgan fingerprint density at radius 2 is 2.35 bits per heavy atom. The molecule has 2 rings (SSSR count). The zero-order chi connectivity index (χ0) is 12.3. The van der Waals surface area contributed by atoms with E-state index < -0.39 is 0 Å². The molecular formula is C14H24N2S.